The third-order valence-electron chi connectivity index (χ3n) is 4.46. The Morgan fingerprint density at radius 2 is 2.00 bits per heavy atom. The van der Waals surface area contributed by atoms with Gasteiger partial charge in [0, 0.05) is 12.3 Å². The van der Waals surface area contributed by atoms with E-state index in [0.717, 1.165) is 6.42 Å². The maximum atomic E-state index is 12.7. The van der Waals surface area contributed by atoms with Gasteiger partial charge in [-0.05, 0) is 12.8 Å². The quantitative estimate of drug-likeness (QED) is 0.609. The van der Waals surface area contributed by atoms with E-state index in [1.54, 1.807) is 0 Å². The van der Waals surface area contributed by atoms with Crippen LogP contribution in [0.4, 0.5) is 13.2 Å². The second-order valence-electron chi connectivity index (χ2n) is 5.94. The average Bonchev–Trinajstić information content (AvgIpc) is 2.88. The molecule has 2 heterocycles. The first-order chi connectivity index (χ1) is 9.49. The van der Waals surface area contributed by atoms with Gasteiger partial charge in [-0.1, -0.05) is 0 Å². The topological polar surface area (TPSA) is 89.9 Å². The molecule has 21 heavy (non-hydrogen) atoms. The fraction of sp³-hybridized carbons (Fsp3) is 0.909. The molecular formula is C11H13F3O6S. The van der Waals surface area contributed by atoms with E-state index in [4.69, 9.17) is 9.29 Å². The lowest BCUT2D eigenvalue weighted by molar-refractivity contribution is -0.228. The van der Waals surface area contributed by atoms with Crippen molar-refractivity contribution in [2.75, 3.05) is 5.75 Å². The lowest BCUT2D eigenvalue weighted by Crippen LogP contribution is -2.51. The summed E-state index contributed by atoms with van der Waals surface area (Å²) in [4.78, 5) is 11.9. The zero-order valence-electron chi connectivity index (χ0n) is 10.7. The lowest BCUT2D eigenvalue weighted by atomic mass is 9.81. The normalized spacial score (nSPS) is 39.0. The summed E-state index contributed by atoms with van der Waals surface area (Å²) in [5.41, 5.74) is -0.393. The third kappa shape index (κ3) is 2.64. The van der Waals surface area contributed by atoms with E-state index in [1.807, 2.05) is 0 Å². The van der Waals surface area contributed by atoms with Crippen molar-refractivity contribution in [1.29, 1.82) is 0 Å². The smallest absolute Gasteiger partial charge is 0.426 e. The summed E-state index contributed by atoms with van der Waals surface area (Å²) < 4.78 is 77.7. The first-order valence-electron chi connectivity index (χ1n) is 6.39. The van der Waals surface area contributed by atoms with Crippen molar-refractivity contribution in [3.63, 3.8) is 0 Å². The second-order valence-corrected chi connectivity index (χ2v) is 7.43. The molecule has 0 radical (unpaired) electrons. The molecule has 2 aliphatic carbocycles. The van der Waals surface area contributed by atoms with E-state index >= 15 is 0 Å². The number of halogens is 3. The maximum Gasteiger partial charge on any atom is 0.426 e. The third-order valence-corrected chi connectivity index (χ3v) is 5.18. The van der Waals surface area contributed by atoms with E-state index in [0.29, 0.717) is 12.8 Å². The lowest BCUT2D eigenvalue weighted by Gasteiger charge is -2.45. The Morgan fingerprint density at radius 1 is 1.38 bits per heavy atom. The van der Waals surface area contributed by atoms with Crippen LogP contribution < -0.4 is 0 Å². The number of hydrogen-bond donors (Lipinski definition) is 1. The van der Waals surface area contributed by atoms with Gasteiger partial charge < -0.3 is 9.47 Å². The molecule has 4 fully saturated rings. The fourth-order valence-corrected chi connectivity index (χ4v) is 4.29. The summed E-state index contributed by atoms with van der Waals surface area (Å²) >= 11 is 0. The van der Waals surface area contributed by atoms with Crippen LogP contribution in [0.5, 0.6) is 0 Å². The standard InChI is InChI=1S/C11H13F3O6S/c12-11(13,14)8(4-21(16,17)18)19-9(15)6-2-10-1-5(6)7(3-10)20-10/h5-8H,1-4H2,(H,16,17,18). The number of esters is 1. The molecule has 0 aromatic carbocycles. The molecule has 0 aromatic rings. The first-order valence-corrected chi connectivity index (χ1v) is 8.00. The molecule has 0 amide bonds. The Bertz CT molecular complexity index is 565. The number of rotatable bonds is 4. The van der Waals surface area contributed by atoms with Crippen LogP contribution in [0.25, 0.3) is 0 Å². The molecule has 1 N–H and O–H groups in total. The number of ether oxygens (including phenoxy) is 2. The molecule has 4 rings (SSSR count). The van der Waals surface area contributed by atoms with E-state index in [2.05, 4.69) is 4.74 Å². The minimum absolute atomic E-state index is 0.109. The van der Waals surface area contributed by atoms with Crippen LogP contribution in [0.2, 0.25) is 0 Å². The number of carbonyl (C=O) groups excluding carboxylic acids is 1. The molecule has 2 saturated carbocycles. The first kappa shape index (κ1) is 15.0. The molecule has 0 aromatic heterocycles. The predicted molar refractivity (Wildman–Crippen MR) is 60.8 cm³/mol. The molecule has 10 heteroatoms. The highest BCUT2D eigenvalue weighted by molar-refractivity contribution is 7.85. The number of hydrogen-bond acceptors (Lipinski definition) is 5. The molecular weight excluding hydrogens is 317 g/mol. The maximum absolute atomic E-state index is 12.7. The largest absolute Gasteiger partial charge is 0.451 e. The van der Waals surface area contributed by atoms with Crippen LogP contribution in [0.3, 0.4) is 0 Å². The Kier molecular flexibility index (Phi) is 3.10. The molecule has 1 spiro atoms. The van der Waals surface area contributed by atoms with Crippen LogP contribution >= 0.6 is 0 Å². The summed E-state index contributed by atoms with van der Waals surface area (Å²) in [6.07, 6.45) is -6.26. The average molecular weight is 330 g/mol. The van der Waals surface area contributed by atoms with Crippen molar-refractivity contribution in [3.05, 3.63) is 0 Å². The van der Waals surface area contributed by atoms with Crippen molar-refractivity contribution >= 4 is 16.1 Å². The van der Waals surface area contributed by atoms with Gasteiger partial charge in [-0.3, -0.25) is 9.35 Å². The Morgan fingerprint density at radius 3 is 2.38 bits per heavy atom. The Labute approximate surface area is 118 Å². The van der Waals surface area contributed by atoms with E-state index < -0.39 is 45.6 Å². The minimum atomic E-state index is -5.05. The van der Waals surface area contributed by atoms with Gasteiger partial charge in [0.2, 0.25) is 6.10 Å². The van der Waals surface area contributed by atoms with Crippen molar-refractivity contribution in [3.8, 4) is 0 Å². The Hall–Kier alpha value is -0.870. The zero-order chi connectivity index (χ0) is 15.6. The predicted octanol–water partition coefficient (Wildman–Crippen LogP) is 0.916. The summed E-state index contributed by atoms with van der Waals surface area (Å²) in [5.74, 6) is -3.60. The van der Waals surface area contributed by atoms with Crippen LogP contribution in [0.15, 0.2) is 0 Å². The highest BCUT2D eigenvalue weighted by atomic mass is 32.2. The Balaban J connectivity index is 1.67. The fourth-order valence-electron chi connectivity index (χ4n) is 3.65. The van der Waals surface area contributed by atoms with Gasteiger partial charge in [-0.15, -0.1) is 0 Å². The van der Waals surface area contributed by atoms with Crippen LogP contribution in [0.1, 0.15) is 19.3 Å². The molecule has 2 saturated heterocycles. The van der Waals surface area contributed by atoms with Gasteiger partial charge >= 0.3 is 12.1 Å². The van der Waals surface area contributed by atoms with Gasteiger partial charge in [0.05, 0.1) is 17.6 Å². The van der Waals surface area contributed by atoms with Gasteiger partial charge in [-0.25, -0.2) is 0 Å². The van der Waals surface area contributed by atoms with Gasteiger partial charge in [0.1, 0.15) is 5.75 Å². The van der Waals surface area contributed by atoms with E-state index in [9.17, 15) is 26.4 Å². The van der Waals surface area contributed by atoms with E-state index in [1.165, 1.54) is 0 Å². The number of carbonyl (C=O) groups is 1. The molecule has 5 atom stereocenters. The molecule has 6 nitrogen and oxygen atoms in total. The highest BCUT2D eigenvalue weighted by Crippen LogP contribution is 2.63. The molecule has 120 valence electrons. The zero-order valence-corrected chi connectivity index (χ0v) is 11.5. The summed E-state index contributed by atoms with van der Waals surface area (Å²) in [6, 6.07) is 0. The van der Waals surface area contributed by atoms with Crippen LogP contribution in [-0.4, -0.2) is 48.7 Å². The highest BCUT2D eigenvalue weighted by Gasteiger charge is 2.68. The van der Waals surface area contributed by atoms with Crippen molar-refractivity contribution in [2.45, 2.75) is 43.2 Å². The van der Waals surface area contributed by atoms with E-state index in [-0.39, 0.29) is 12.0 Å². The number of alkyl halides is 3. The SMILES string of the molecule is O=C(OC(CS(=O)(=O)O)C(F)(F)F)C1CC23CC(O2)C1C3. The minimum Gasteiger partial charge on any atom is -0.451 e. The summed E-state index contributed by atoms with van der Waals surface area (Å²) in [6.45, 7) is 0. The summed E-state index contributed by atoms with van der Waals surface area (Å²) in [7, 11) is -4.91. The molecule has 4 aliphatic rings. The van der Waals surface area contributed by atoms with Crippen molar-refractivity contribution < 1.29 is 40.4 Å². The molecule has 5 unspecified atom stereocenters. The van der Waals surface area contributed by atoms with Gasteiger partial charge in [0.25, 0.3) is 10.1 Å². The summed E-state index contributed by atoms with van der Waals surface area (Å²) in [5, 5.41) is 0. The van der Waals surface area contributed by atoms with Gasteiger partial charge in [-0.2, -0.15) is 21.6 Å². The van der Waals surface area contributed by atoms with Crippen molar-refractivity contribution in [2.24, 2.45) is 11.8 Å². The molecule has 3 bridgehead atoms. The van der Waals surface area contributed by atoms with Crippen molar-refractivity contribution in [1.82, 2.24) is 0 Å². The van der Waals surface area contributed by atoms with Crippen LogP contribution in [0, 0.1) is 11.8 Å². The van der Waals surface area contributed by atoms with Gasteiger partial charge in [0.15, 0.2) is 0 Å². The second kappa shape index (κ2) is 4.32. The monoisotopic (exact) mass is 330 g/mol. The molecule has 2 aliphatic heterocycles. The van der Waals surface area contributed by atoms with Crippen LogP contribution in [-0.2, 0) is 24.4 Å².